The fraction of sp³-hybridized carbons (Fsp3) is 0.692. The van der Waals surface area contributed by atoms with Crippen molar-refractivity contribution in [3.05, 3.63) is 19.2 Å². The first kappa shape index (κ1) is 12.6. The van der Waals surface area contributed by atoms with Gasteiger partial charge in [-0.25, -0.2) is 0 Å². The molecule has 0 aromatic carbocycles. The molecule has 0 radical (unpaired) electrons. The Balaban J connectivity index is 1.46. The van der Waals surface area contributed by atoms with Gasteiger partial charge in [0.25, 0.3) is 0 Å². The molecule has 1 aromatic rings. The third-order valence-electron chi connectivity index (χ3n) is 4.29. The van der Waals surface area contributed by atoms with Gasteiger partial charge in [0.2, 0.25) is 0 Å². The molecule has 2 saturated carbocycles. The summed E-state index contributed by atoms with van der Waals surface area (Å²) in [7, 11) is 0. The molecule has 4 heteroatoms. The van der Waals surface area contributed by atoms with E-state index in [1.54, 1.807) is 0 Å². The third-order valence-corrected chi connectivity index (χ3v) is 7.54. The van der Waals surface area contributed by atoms with Crippen LogP contribution in [0.3, 0.4) is 0 Å². The number of hydrogen-bond acceptors (Lipinski definition) is 2. The molecular weight excluding hydrogens is 362 g/mol. The first-order chi connectivity index (χ1) is 8.22. The Labute approximate surface area is 124 Å². The van der Waals surface area contributed by atoms with Crippen LogP contribution in [0.15, 0.2) is 14.3 Å². The van der Waals surface area contributed by atoms with E-state index in [2.05, 4.69) is 43.2 Å². The average Bonchev–Trinajstić information content (AvgIpc) is 2.96. The molecule has 1 N–H and O–H groups in total. The van der Waals surface area contributed by atoms with Crippen LogP contribution in [0.25, 0.3) is 0 Å². The maximum atomic E-state index is 3.64. The summed E-state index contributed by atoms with van der Waals surface area (Å²) in [4.78, 5) is 1.41. The number of rotatable bonds is 4. The van der Waals surface area contributed by atoms with E-state index >= 15 is 0 Å². The molecular formula is C13H17Br2NS. The summed E-state index contributed by atoms with van der Waals surface area (Å²) in [5.74, 6) is 3.06. The van der Waals surface area contributed by atoms with Crippen molar-refractivity contribution in [2.24, 2.45) is 17.8 Å². The predicted molar refractivity (Wildman–Crippen MR) is 80.4 cm³/mol. The van der Waals surface area contributed by atoms with Crippen LogP contribution in [0.2, 0.25) is 0 Å². The van der Waals surface area contributed by atoms with Crippen LogP contribution in [0.1, 0.15) is 30.6 Å². The fourth-order valence-electron chi connectivity index (χ4n) is 3.49. The molecule has 17 heavy (non-hydrogen) atoms. The lowest BCUT2D eigenvalue weighted by Crippen LogP contribution is -2.25. The summed E-state index contributed by atoms with van der Waals surface area (Å²) < 4.78 is 2.38. The predicted octanol–water partition coefficient (Wildman–Crippen LogP) is 4.80. The number of halogens is 2. The van der Waals surface area contributed by atoms with Crippen LogP contribution in [-0.2, 0) is 6.54 Å². The minimum atomic E-state index is 0.959. The molecule has 2 aliphatic rings. The van der Waals surface area contributed by atoms with Crippen molar-refractivity contribution in [3.63, 3.8) is 0 Å². The van der Waals surface area contributed by atoms with Crippen molar-refractivity contribution in [2.45, 2.75) is 32.2 Å². The summed E-state index contributed by atoms with van der Waals surface area (Å²) >= 11 is 8.90. The van der Waals surface area contributed by atoms with Gasteiger partial charge in [0.15, 0.2) is 0 Å². The topological polar surface area (TPSA) is 12.0 Å². The maximum Gasteiger partial charge on any atom is 0.0843 e. The summed E-state index contributed by atoms with van der Waals surface area (Å²) in [6.07, 6.45) is 6.00. The van der Waals surface area contributed by atoms with Crippen LogP contribution < -0.4 is 5.32 Å². The van der Waals surface area contributed by atoms with E-state index in [4.69, 9.17) is 0 Å². The van der Waals surface area contributed by atoms with Gasteiger partial charge in [0.1, 0.15) is 0 Å². The maximum absolute atomic E-state index is 3.64. The van der Waals surface area contributed by atoms with Gasteiger partial charge in [-0.15, -0.1) is 11.3 Å². The Morgan fingerprint density at radius 2 is 2.18 bits per heavy atom. The Bertz CT molecular complexity index is 385. The first-order valence-corrected chi connectivity index (χ1v) is 8.77. The molecule has 0 aliphatic heterocycles. The highest BCUT2D eigenvalue weighted by atomic mass is 79.9. The third kappa shape index (κ3) is 2.80. The monoisotopic (exact) mass is 377 g/mol. The zero-order valence-corrected chi connectivity index (χ0v) is 13.7. The first-order valence-electron chi connectivity index (χ1n) is 6.37. The standard InChI is InChI=1S/C13H17Br2NS/c14-12-5-11(17-13(12)15)7-16-6-10-4-8-1-2-9(10)3-8/h5,8-10,16H,1-4,6-7H2. The van der Waals surface area contributed by atoms with Gasteiger partial charge >= 0.3 is 0 Å². The molecule has 3 rings (SSSR count). The molecule has 0 spiro atoms. The van der Waals surface area contributed by atoms with Crippen LogP contribution in [0.4, 0.5) is 0 Å². The second kappa shape index (κ2) is 5.32. The van der Waals surface area contributed by atoms with E-state index < -0.39 is 0 Å². The highest BCUT2D eigenvalue weighted by molar-refractivity contribution is 9.13. The lowest BCUT2D eigenvalue weighted by Gasteiger charge is -2.21. The zero-order valence-electron chi connectivity index (χ0n) is 9.72. The summed E-state index contributed by atoms with van der Waals surface area (Å²) in [5, 5.41) is 3.64. The summed E-state index contributed by atoms with van der Waals surface area (Å²) in [5.41, 5.74) is 0. The minimum absolute atomic E-state index is 0.959. The van der Waals surface area contributed by atoms with Gasteiger partial charge in [0, 0.05) is 15.9 Å². The lowest BCUT2D eigenvalue weighted by molar-refractivity contribution is 0.319. The summed E-state index contributed by atoms with van der Waals surface area (Å²) in [6, 6.07) is 2.21. The lowest BCUT2D eigenvalue weighted by atomic mass is 9.89. The van der Waals surface area contributed by atoms with Crippen LogP contribution >= 0.6 is 43.2 Å². The van der Waals surface area contributed by atoms with Gasteiger partial charge in [-0.1, -0.05) is 6.42 Å². The van der Waals surface area contributed by atoms with Gasteiger partial charge in [-0.3, -0.25) is 0 Å². The molecule has 3 atom stereocenters. The van der Waals surface area contributed by atoms with Crippen molar-refractivity contribution in [2.75, 3.05) is 6.54 Å². The highest BCUT2D eigenvalue weighted by Crippen LogP contribution is 2.47. The van der Waals surface area contributed by atoms with E-state index in [-0.39, 0.29) is 0 Å². The average molecular weight is 379 g/mol. The highest BCUT2D eigenvalue weighted by Gasteiger charge is 2.38. The van der Waals surface area contributed by atoms with Gasteiger partial charge in [-0.05, 0) is 81.5 Å². The number of fused-ring (bicyclic) bond motifs is 2. The van der Waals surface area contributed by atoms with Crippen molar-refractivity contribution in [1.82, 2.24) is 5.32 Å². The van der Waals surface area contributed by atoms with Crippen molar-refractivity contribution in [3.8, 4) is 0 Å². The largest absolute Gasteiger partial charge is 0.312 e. The van der Waals surface area contributed by atoms with Crippen LogP contribution in [0.5, 0.6) is 0 Å². The second-order valence-electron chi connectivity index (χ2n) is 5.40. The second-order valence-corrected chi connectivity index (χ2v) is 8.71. The van der Waals surface area contributed by atoms with Gasteiger partial charge in [-0.2, -0.15) is 0 Å². The zero-order chi connectivity index (χ0) is 11.8. The van der Waals surface area contributed by atoms with Gasteiger partial charge in [0.05, 0.1) is 3.79 Å². The Morgan fingerprint density at radius 3 is 2.76 bits per heavy atom. The van der Waals surface area contributed by atoms with E-state index in [1.807, 2.05) is 11.3 Å². The Kier molecular flexibility index (Phi) is 3.95. The van der Waals surface area contributed by atoms with E-state index in [9.17, 15) is 0 Å². The van der Waals surface area contributed by atoms with E-state index in [1.165, 1.54) is 45.4 Å². The van der Waals surface area contributed by atoms with Gasteiger partial charge < -0.3 is 5.32 Å². The molecule has 2 bridgehead atoms. The van der Waals surface area contributed by atoms with Crippen LogP contribution in [-0.4, -0.2) is 6.54 Å². The molecule has 2 aliphatic carbocycles. The van der Waals surface area contributed by atoms with E-state index in [0.29, 0.717) is 0 Å². The molecule has 94 valence electrons. The molecule has 1 aromatic heterocycles. The SMILES string of the molecule is Brc1cc(CNCC2CC3CCC2C3)sc1Br. The fourth-order valence-corrected chi connectivity index (χ4v) is 5.63. The molecule has 1 heterocycles. The molecule has 3 unspecified atom stereocenters. The van der Waals surface area contributed by atoms with E-state index in [0.717, 1.165) is 24.3 Å². The number of thiophene rings is 1. The van der Waals surface area contributed by atoms with Crippen molar-refractivity contribution >= 4 is 43.2 Å². The molecule has 1 nitrogen and oxygen atoms in total. The smallest absolute Gasteiger partial charge is 0.0843 e. The van der Waals surface area contributed by atoms with Crippen molar-refractivity contribution < 1.29 is 0 Å². The summed E-state index contributed by atoms with van der Waals surface area (Å²) in [6.45, 7) is 2.23. The normalized spacial score (nSPS) is 31.3. The molecule has 0 saturated heterocycles. The Hall–Kier alpha value is 0.620. The number of hydrogen-bond donors (Lipinski definition) is 1. The van der Waals surface area contributed by atoms with Crippen molar-refractivity contribution in [1.29, 1.82) is 0 Å². The quantitative estimate of drug-likeness (QED) is 0.793. The van der Waals surface area contributed by atoms with Crippen LogP contribution in [0, 0.1) is 17.8 Å². The number of nitrogens with one attached hydrogen (secondary N) is 1. The Morgan fingerprint density at radius 1 is 1.29 bits per heavy atom. The molecule has 2 fully saturated rings. The minimum Gasteiger partial charge on any atom is -0.312 e. The molecule has 0 amide bonds.